The number of hydrogen-bond donors (Lipinski definition) is 0. The lowest BCUT2D eigenvalue weighted by Crippen LogP contribution is -2.66. The summed E-state index contributed by atoms with van der Waals surface area (Å²) in [5.74, 6) is -28.6. The molecule has 0 unspecified atom stereocenters. The van der Waals surface area contributed by atoms with Crippen LogP contribution < -0.4 is 0 Å². The van der Waals surface area contributed by atoms with Crippen LogP contribution in [-0.2, 0) is 4.79 Å². The smallest absolute Gasteiger partial charge is 0.412 e. The monoisotopic (exact) mass is 316 g/mol. The van der Waals surface area contributed by atoms with Crippen molar-refractivity contribution in [3.8, 4) is 0 Å². The molecule has 0 saturated carbocycles. The Morgan fingerprint density at radius 2 is 0.895 bits per heavy atom. The second-order valence-electron chi connectivity index (χ2n) is 2.96. The Morgan fingerprint density at radius 1 is 0.579 bits per heavy atom. The van der Waals surface area contributed by atoms with Gasteiger partial charge in [-0.1, -0.05) is 0 Å². The molecule has 0 aliphatic rings. The van der Waals surface area contributed by atoms with Crippen LogP contribution in [0, 0.1) is 0 Å². The fraction of sp³-hybridized carbons (Fsp3) is 0.833. The van der Waals surface area contributed by atoms with E-state index in [9.17, 15) is 53.1 Å². The van der Waals surface area contributed by atoms with Crippen molar-refractivity contribution in [3.63, 3.8) is 0 Å². The van der Waals surface area contributed by atoms with Crippen molar-refractivity contribution in [3.05, 3.63) is 0 Å². The van der Waals surface area contributed by atoms with Crippen LogP contribution >= 0.6 is 0 Å². The summed E-state index contributed by atoms with van der Waals surface area (Å²) in [5.41, 5.74) is 0. The predicted molar refractivity (Wildman–Crippen MR) is 35.5 cm³/mol. The normalized spacial score (nSPS) is 14.9. The summed E-state index contributed by atoms with van der Waals surface area (Å²) < 4.78 is 132. The Balaban J connectivity index is 0. The molecule has 0 heterocycles. The molecule has 0 spiro atoms. The Hall–Kier alpha value is -1.14. The van der Waals surface area contributed by atoms with Crippen LogP contribution in [0.3, 0.4) is 0 Å². The van der Waals surface area contributed by atoms with Gasteiger partial charge in [-0.25, -0.2) is 0 Å². The number of carbonyl (C=O) groups excluding carboxylic acids is 1. The molecule has 0 aromatic heterocycles. The lowest BCUT2D eigenvalue weighted by atomic mass is 9.99. The van der Waals surface area contributed by atoms with Gasteiger partial charge in [-0.05, 0) is 0 Å². The van der Waals surface area contributed by atoms with E-state index in [2.05, 4.69) is 0 Å². The number of aldehydes is 1. The molecule has 0 aliphatic carbocycles. The minimum atomic E-state index is -7.51. The van der Waals surface area contributed by atoms with Crippen LogP contribution in [0.1, 0.15) is 0 Å². The summed E-state index contributed by atoms with van der Waals surface area (Å²) in [7, 11) is 0. The molecule has 0 fully saturated rings. The molecule has 0 aliphatic heterocycles. The van der Waals surface area contributed by atoms with E-state index in [1.165, 1.54) is 0 Å². The van der Waals surface area contributed by atoms with E-state index in [-0.39, 0.29) is 5.48 Å². The first-order valence-electron chi connectivity index (χ1n) is 3.60. The molecule has 0 rings (SSSR count). The van der Waals surface area contributed by atoms with Gasteiger partial charge in [0.15, 0.2) is 6.29 Å². The minimum Gasteiger partial charge on any atom is -0.412 e. The van der Waals surface area contributed by atoms with E-state index < -0.39 is 36.2 Å². The Morgan fingerprint density at radius 3 is 1.11 bits per heavy atom. The summed E-state index contributed by atoms with van der Waals surface area (Å²) in [6.45, 7) is 0. The molecule has 2 nitrogen and oxygen atoms in total. The van der Waals surface area contributed by atoms with E-state index >= 15 is 0 Å². The van der Waals surface area contributed by atoms with E-state index in [1.807, 2.05) is 0 Å². The van der Waals surface area contributed by atoms with Gasteiger partial charge >= 0.3 is 29.9 Å². The van der Waals surface area contributed by atoms with E-state index in [0.29, 0.717) is 0 Å². The average Bonchev–Trinajstić information content (AvgIpc) is 2.15. The van der Waals surface area contributed by atoms with Crippen molar-refractivity contribution in [2.45, 2.75) is 29.9 Å². The van der Waals surface area contributed by atoms with Gasteiger partial charge in [0.05, 0.1) is 0 Å². The molecule has 116 valence electrons. The van der Waals surface area contributed by atoms with Crippen molar-refractivity contribution in [2.24, 2.45) is 0 Å². The van der Waals surface area contributed by atoms with Crippen molar-refractivity contribution >= 4 is 6.29 Å². The van der Waals surface area contributed by atoms with Gasteiger partial charge in [-0.15, -0.1) is 0 Å². The van der Waals surface area contributed by atoms with Gasteiger partial charge in [-0.2, -0.15) is 48.3 Å². The number of carbonyl (C=O) groups is 1. The second kappa shape index (κ2) is 4.76. The lowest BCUT2D eigenvalue weighted by Gasteiger charge is -2.35. The number of hydrogen-bond acceptors (Lipinski definition) is 1. The van der Waals surface area contributed by atoms with Gasteiger partial charge in [0.1, 0.15) is 0 Å². The van der Waals surface area contributed by atoms with Crippen LogP contribution in [0.15, 0.2) is 0 Å². The highest BCUT2D eigenvalue weighted by atomic mass is 19.4. The summed E-state index contributed by atoms with van der Waals surface area (Å²) in [4.78, 5) is 9.41. The summed E-state index contributed by atoms with van der Waals surface area (Å²) in [6.07, 6.45) is -9.35. The van der Waals surface area contributed by atoms with Gasteiger partial charge in [0.25, 0.3) is 0 Å². The second-order valence-corrected chi connectivity index (χ2v) is 2.96. The first kappa shape index (κ1) is 20.2. The molecule has 13 heteroatoms. The molecular formula is C6H3F11O2. The van der Waals surface area contributed by atoms with E-state index in [0.717, 1.165) is 0 Å². The lowest BCUT2D eigenvalue weighted by molar-refractivity contribution is -0.416. The van der Waals surface area contributed by atoms with Gasteiger partial charge in [0, 0.05) is 0 Å². The molecule has 0 atom stereocenters. The molecule has 0 radical (unpaired) electrons. The van der Waals surface area contributed by atoms with Gasteiger partial charge < -0.3 is 5.48 Å². The highest BCUT2D eigenvalue weighted by molar-refractivity contribution is 5.62. The standard InChI is InChI=1S/C6HF11O.H2O/c7-2(8,1-18)3(9,10)4(11,12)5(13,14)6(15,16)17;/h1H;1H2. The van der Waals surface area contributed by atoms with Crippen LogP contribution in [0.4, 0.5) is 48.3 Å². The van der Waals surface area contributed by atoms with Crippen LogP contribution in [0.2, 0.25) is 0 Å². The first-order valence-corrected chi connectivity index (χ1v) is 3.60. The maximum absolute atomic E-state index is 12.3. The van der Waals surface area contributed by atoms with Crippen molar-refractivity contribution in [2.75, 3.05) is 0 Å². The SMILES string of the molecule is O.O=CC(F)(F)C(F)(F)C(F)(F)C(F)(F)C(F)(F)F. The quantitative estimate of drug-likeness (QED) is 0.580. The zero-order valence-electron chi connectivity index (χ0n) is 8.14. The molecule has 0 saturated heterocycles. The molecule has 2 N–H and O–H groups in total. The van der Waals surface area contributed by atoms with Crippen LogP contribution in [-0.4, -0.2) is 41.6 Å². The fourth-order valence-electron chi connectivity index (χ4n) is 0.659. The Kier molecular flexibility index (Phi) is 5.05. The maximum Gasteiger partial charge on any atom is 0.460 e. The third kappa shape index (κ3) is 2.60. The maximum atomic E-state index is 12.3. The van der Waals surface area contributed by atoms with E-state index in [4.69, 9.17) is 0 Å². The minimum absolute atomic E-state index is 0. The zero-order valence-corrected chi connectivity index (χ0v) is 8.14. The largest absolute Gasteiger partial charge is 0.460 e. The Bertz CT molecular complexity index is 331. The highest BCUT2D eigenvalue weighted by Crippen LogP contribution is 2.56. The first-order chi connectivity index (χ1) is 7.56. The predicted octanol–water partition coefficient (Wildman–Crippen LogP) is 2.46. The molecule has 0 bridgehead atoms. The number of alkyl halides is 11. The average molecular weight is 316 g/mol. The molecular weight excluding hydrogens is 313 g/mol. The van der Waals surface area contributed by atoms with Crippen molar-refractivity contribution < 1.29 is 58.6 Å². The molecule has 0 aromatic carbocycles. The Labute approximate surface area is 96.0 Å². The molecule has 0 amide bonds. The van der Waals surface area contributed by atoms with Crippen molar-refractivity contribution in [1.82, 2.24) is 0 Å². The van der Waals surface area contributed by atoms with Crippen LogP contribution in [0.25, 0.3) is 0 Å². The third-order valence-electron chi connectivity index (χ3n) is 1.71. The molecule has 0 aromatic rings. The zero-order chi connectivity index (χ0) is 15.2. The summed E-state index contributed by atoms with van der Waals surface area (Å²) in [6, 6.07) is 0. The highest BCUT2D eigenvalue weighted by Gasteiger charge is 2.87. The molecule has 19 heavy (non-hydrogen) atoms. The van der Waals surface area contributed by atoms with Gasteiger partial charge in [0.2, 0.25) is 0 Å². The van der Waals surface area contributed by atoms with Crippen molar-refractivity contribution in [1.29, 1.82) is 0 Å². The van der Waals surface area contributed by atoms with E-state index in [1.54, 1.807) is 0 Å². The summed E-state index contributed by atoms with van der Waals surface area (Å²) in [5, 5.41) is 0. The number of rotatable bonds is 4. The summed E-state index contributed by atoms with van der Waals surface area (Å²) >= 11 is 0. The fourth-order valence-corrected chi connectivity index (χ4v) is 0.659. The van der Waals surface area contributed by atoms with Gasteiger partial charge in [-0.3, -0.25) is 4.79 Å². The number of halogens is 11. The topological polar surface area (TPSA) is 48.6 Å². The van der Waals surface area contributed by atoms with Crippen LogP contribution in [0.5, 0.6) is 0 Å². The third-order valence-corrected chi connectivity index (χ3v) is 1.71.